The summed E-state index contributed by atoms with van der Waals surface area (Å²) in [5, 5.41) is 1.52. The fourth-order valence-electron chi connectivity index (χ4n) is 4.49. The predicted octanol–water partition coefficient (Wildman–Crippen LogP) is 3.19. The third-order valence-corrected chi connectivity index (χ3v) is 9.97. The summed E-state index contributed by atoms with van der Waals surface area (Å²) in [7, 11) is -1.53. The Morgan fingerprint density at radius 3 is 2.60 bits per heavy atom. The maximum absolute atomic E-state index is 12.1. The van der Waals surface area contributed by atoms with Gasteiger partial charge in [-0.15, -0.1) is 0 Å². The Bertz CT molecular complexity index is 497. The Hall–Kier alpha value is -1.09. The summed E-state index contributed by atoms with van der Waals surface area (Å²) in [5.41, 5.74) is 0.706. The zero-order valence-electron chi connectivity index (χ0n) is 12.6. The molecule has 2 fully saturated rings. The largest absolute Gasteiger partial charge is 0.465 e. The van der Waals surface area contributed by atoms with Gasteiger partial charge in [0.05, 0.1) is 20.6 Å². The van der Waals surface area contributed by atoms with E-state index in [1.54, 1.807) is 0 Å². The molecule has 108 valence electrons. The second-order valence-electron chi connectivity index (χ2n) is 7.05. The van der Waals surface area contributed by atoms with Crippen LogP contribution in [-0.4, -0.2) is 20.7 Å². The molecule has 0 amide bonds. The molecule has 0 bridgehead atoms. The van der Waals surface area contributed by atoms with Crippen LogP contribution in [0, 0.1) is 17.8 Å². The van der Waals surface area contributed by atoms with E-state index in [1.807, 2.05) is 0 Å². The van der Waals surface area contributed by atoms with Crippen LogP contribution in [0.15, 0.2) is 30.3 Å². The van der Waals surface area contributed by atoms with E-state index in [4.69, 9.17) is 4.74 Å². The van der Waals surface area contributed by atoms with Crippen LogP contribution in [0.3, 0.4) is 0 Å². The van der Waals surface area contributed by atoms with Gasteiger partial charge >= 0.3 is 5.97 Å². The number of carbonyl (C=O) groups excluding carboxylic acids is 1. The Kier molecular flexibility index (Phi) is 3.49. The Balaban J connectivity index is 1.92. The summed E-state index contributed by atoms with van der Waals surface area (Å²) >= 11 is 0. The second-order valence-corrected chi connectivity index (χ2v) is 11.8. The van der Waals surface area contributed by atoms with E-state index in [0.29, 0.717) is 24.0 Å². The zero-order valence-corrected chi connectivity index (χ0v) is 13.6. The van der Waals surface area contributed by atoms with Gasteiger partial charge in [0.25, 0.3) is 0 Å². The van der Waals surface area contributed by atoms with E-state index in [1.165, 1.54) is 11.6 Å². The fourth-order valence-corrected chi connectivity index (χ4v) is 8.37. The van der Waals surface area contributed by atoms with Gasteiger partial charge < -0.3 is 4.74 Å². The minimum absolute atomic E-state index is 0.0640. The molecule has 1 saturated carbocycles. The molecule has 0 radical (unpaired) electrons. The molecule has 0 unspecified atom stereocenters. The smallest absolute Gasteiger partial charge is 0.309 e. The molecule has 4 atom stereocenters. The minimum atomic E-state index is -1.53. The van der Waals surface area contributed by atoms with Crippen molar-refractivity contribution in [1.29, 1.82) is 0 Å². The van der Waals surface area contributed by atoms with Gasteiger partial charge in [0.1, 0.15) is 0 Å². The lowest BCUT2D eigenvalue weighted by molar-refractivity contribution is -0.156. The average molecular weight is 288 g/mol. The van der Waals surface area contributed by atoms with Crippen molar-refractivity contribution in [2.75, 3.05) is 6.61 Å². The first-order chi connectivity index (χ1) is 9.51. The van der Waals surface area contributed by atoms with E-state index in [2.05, 4.69) is 50.3 Å². The molecular weight excluding hydrogens is 264 g/mol. The fraction of sp³-hybridized carbons (Fsp3) is 0.588. The van der Waals surface area contributed by atoms with E-state index >= 15 is 0 Å². The number of ether oxygens (including phenoxy) is 1. The van der Waals surface area contributed by atoms with Crippen LogP contribution < -0.4 is 5.19 Å². The zero-order chi connectivity index (χ0) is 14.3. The first-order valence-corrected chi connectivity index (χ1v) is 10.8. The van der Waals surface area contributed by atoms with Crippen molar-refractivity contribution in [3.05, 3.63) is 30.3 Å². The average Bonchev–Trinajstić information content (AvgIpc) is 2.79. The number of fused-ring (bicyclic) bond motifs is 1. The van der Waals surface area contributed by atoms with Gasteiger partial charge in [0.2, 0.25) is 0 Å². The lowest BCUT2D eigenvalue weighted by atomic mass is 9.87. The lowest BCUT2D eigenvalue weighted by Gasteiger charge is -2.37. The Labute approximate surface area is 122 Å². The van der Waals surface area contributed by atoms with Crippen LogP contribution in [0.2, 0.25) is 18.6 Å². The molecule has 0 spiro atoms. The summed E-state index contributed by atoms with van der Waals surface area (Å²) < 4.78 is 5.31. The van der Waals surface area contributed by atoms with E-state index in [-0.39, 0.29) is 11.9 Å². The molecule has 1 aromatic rings. The predicted molar refractivity (Wildman–Crippen MR) is 83.6 cm³/mol. The molecule has 20 heavy (non-hydrogen) atoms. The quantitative estimate of drug-likeness (QED) is 0.617. The number of hydrogen-bond acceptors (Lipinski definition) is 2. The van der Waals surface area contributed by atoms with Gasteiger partial charge in [-0.05, 0) is 30.2 Å². The van der Waals surface area contributed by atoms with E-state index in [0.717, 1.165) is 6.42 Å². The highest BCUT2D eigenvalue weighted by Gasteiger charge is 2.53. The van der Waals surface area contributed by atoms with Crippen LogP contribution in [-0.2, 0) is 9.53 Å². The Morgan fingerprint density at radius 2 is 1.90 bits per heavy atom. The molecule has 0 N–H and O–H groups in total. The number of cyclic esters (lactones) is 1. The van der Waals surface area contributed by atoms with Crippen LogP contribution in [0.25, 0.3) is 0 Å². The van der Waals surface area contributed by atoms with Crippen LogP contribution in [0.1, 0.15) is 19.8 Å². The van der Waals surface area contributed by atoms with Gasteiger partial charge in [0, 0.05) is 0 Å². The highest BCUT2D eigenvalue weighted by Crippen LogP contribution is 2.53. The monoisotopic (exact) mass is 288 g/mol. The van der Waals surface area contributed by atoms with Crippen molar-refractivity contribution in [2.45, 2.75) is 38.4 Å². The highest BCUT2D eigenvalue weighted by atomic mass is 28.3. The number of benzene rings is 1. The highest BCUT2D eigenvalue weighted by molar-refractivity contribution is 6.91. The van der Waals surface area contributed by atoms with Gasteiger partial charge in [-0.3, -0.25) is 4.79 Å². The summed E-state index contributed by atoms with van der Waals surface area (Å²) in [6, 6.07) is 11.0. The second kappa shape index (κ2) is 5.03. The number of hydrogen-bond donors (Lipinski definition) is 0. The molecule has 3 rings (SSSR count). The molecule has 1 heterocycles. The SMILES string of the molecule is C[C@H]1C[C@@H]([Si](C)(C)c2ccccc2)[C@@H]2CCOC(=O)[C@@H]21. The van der Waals surface area contributed by atoms with Crippen LogP contribution in [0.5, 0.6) is 0 Å². The summed E-state index contributed by atoms with van der Waals surface area (Å²) in [5.74, 6) is 1.25. The number of carbonyl (C=O) groups is 1. The molecule has 1 aliphatic heterocycles. The van der Waals surface area contributed by atoms with Crippen molar-refractivity contribution in [2.24, 2.45) is 17.8 Å². The van der Waals surface area contributed by atoms with Crippen LogP contribution >= 0.6 is 0 Å². The first-order valence-electron chi connectivity index (χ1n) is 7.74. The van der Waals surface area contributed by atoms with Crippen molar-refractivity contribution < 1.29 is 9.53 Å². The molecule has 3 heteroatoms. The molecule has 1 saturated heterocycles. The van der Waals surface area contributed by atoms with Gasteiger partial charge in [-0.25, -0.2) is 0 Å². The normalized spacial score (nSPS) is 33.6. The number of esters is 1. The third kappa shape index (κ3) is 2.12. The molecular formula is C17H24O2Si. The summed E-state index contributed by atoms with van der Waals surface area (Å²) in [4.78, 5) is 12.1. The maximum Gasteiger partial charge on any atom is 0.309 e. The van der Waals surface area contributed by atoms with Gasteiger partial charge in [-0.2, -0.15) is 0 Å². The van der Waals surface area contributed by atoms with Gasteiger partial charge in [0.15, 0.2) is 0 Å². The molecule has 2 aliphatic rings. The molecule has 0 aromatic heterocycles. The molecule has 1 aromatic carbocycles. The molecule has 1 aliphatic carbocycles. The van der Waals surface area contributed by atoms with Crippen molar-refractivity contribution >= 4 is 19.2 Å². The first kappa shape index (κ1) is 13.9. The lowest BCUT2D eigenvalue weighted by Crippen LogP contribution is -2.48. The van der Waals surface area contributed by atoms with Crippen molar-refractivity contribution in [3.63, 3.8) is 0 Å². The third-order valence-electron chi connectivity index (χ3n) is 5.63. The van der Waals surface area contributed by atoms with Gasteiger partial charge in [-0.1, -0.05) is 55.5 Å². The van der Waals surface area contributed by atoms with Crippen LogP contribution in [0.4, 0.5) is 0 Å². The van der Waals surface area contributed by atoms with Crippen molar-refractivity contribution in [3.8, 4) is 0 Å². The number of rotatable bonds is 2. The summed E-state index contributed by atoms with van der Waals surface area (Å²) in [6.07, 6.45) is 2.26. The molecule has 2 nitrogen and oxygen atoms in total. The van der Waals surface area contributed by atoms with E-state index in [9.17, 15) is 4.79 Å². The summed E-state index contributed by atoms with van der Waals surface area (Å²) in [6.45, 7) is 7.81. The maximum atomic E-state index is 12.1. The van der Waals surface area contributed by atoms with Crippen molar-refractivity contribution in [1.82, 2.24) is 0 Å². The van der Waals surface area contributed by atoms with E-state index < -0.39 is 8.07 Å². The standard InChI is InChI=1S/C17H24O2Si/c1-12-11-15(14-9-10-19-17(18)16(12)14)20(2,3)13-7-5-4-6-8-13/h4-8,12,14-16H,9-11H2,1-3H3/t12-,14-,15+,16+/m0/s1. The minimum Gasteiger partial charge on any atom is -0.465 e. The topological polar surface area (TPSA) is 26.3 Å². The Morgan fingerprint density at radius 1 is 1.20 bits per heavy atom.